The van der Waals surface area contributed by atoms with Crippen molar-refractivity contribution in [1.82, 2.24) is 19.7 Å². The standard InChI is InChI=1S/C23H30N4O3/c1-18(2)5-10-27-22(29)26(16-19-4-3-9-24-14-19)21(28)23(27)7-11-25(12-8-23)15-20-6-13-30-17-20/h3-4,6,9,13-14,17-18H,5,7-8,10-12,15-16H2,1-2H3. The molecule has 0 aliphatic carbocycles. The first kappa shape index (κ1) is 20.6. The van der Waals surface area contributed by atoms with Crippen molar-refractivity contribution in [3.63, 3.8) is 0 Å². The molecular formula is C23H30N4O3. The first-order chi connectivity index (χ1) is 14.5. The summed E-state index contributed by atoms with van der Waals surface area (Å²) in [7, 11) is 0. The Morgan fingerprint density at radius 2 is 1.93 bits per heavy atom. The number of imide groups is 1. The number of nitrogens with zero attached hydrogens (tertiary/aromatic N) is 4. The number of pyridine rings is 1. The highest BCUT2D eigenvalue weighted by molar-refractivity contribution is 6.07. The molecule has 2 saturated heterocycles. The minimum atomic E-state index is -0.721. The van der Waals surface area contributed by atoms with Crippen LogP contribution >= 0.6 is 0 Å². The fraction of sp³-hybridized carbons (Fsp3) is 0.522. The van der Waals surface area contributed by atoms with Crippen LogP contribution in [0.1, 0.15) is 44.2 Å². The van der Waals surface area contributed by atoms with Crippen molar-refractivity contribution in [3.8, 4) is 0 Å². The topological polar surface area (TPSA) is 69.9 Å². The Morgan fingerprint density at radius 1 is 1.13 bits per heavy atom. The van der Waals surface area contributed by atoms with Crippen LogP contribution in [-0.4, -0.2) is 56.8 Å². The average molecular weight is 411 g/mol. The van der Waals surface area contributed by atoms with Crippen LogP contribution in [0.5, 0.6) is 0 Å². The van der Waals surface area contributed by atoms with E-state index < -0.39 is 5.54 Å². The zero-order valence-electron chi connectivity index (χ0n) is 17.8. The highest BCUT2D eigenvalue weighted by Gasteiger charge is 2.57. The van der Waals surface area contributed by atoms with Gasteiger partial charge in [0.2, 0.25) is 0 Å². The van der Waals surface area contributed by atoms with Crippen molar-refractivity contribution in [1.29, 1.82) is 0 Å². The van der Waals surface area contributed by atoms with Gasteiger partial charge in [0.15, 0.2) is 0 Å². The molecule has 30 heavy (non-hydrogen) atoms. The first-order valence-corrected chi connectivity index (χ1v) is 10.8. The molecule has 2 aliphatic rings. The van der Waals surface area contributed by atoms with Crippen molar-refractivity contribution < 1.29 is 14.0 Å². The van der Waals surface area contributed by atoms with E-state index >= 15 is 0 Å². The zero-order chi connectivity index (χ0) is 21.1. The predicted octanol–water partition coefficient (Wildman–Crippen LogP) is 3.52. The number of furan rings is 1. The maximum Gasteiger partial charge on any atom is 0.327 e. The van der Waals surface area contributed by atoms with E-state index in [4.69, 9.17) is 4.42 Å². The number of carbonyl (C=O) groups is 2. The largest absolute Gasteiger partial charge is 0.472 e. The fourth-order valence-corrected chi connectivity index (χ4v) is 4.50. The minimum Gasteiger partial charge on any atom is -0.472 e. The van der Waals surface area contributed by atoms with Gasteiger partial charge in [0, 0.05) is 44.1 Å². The van der Waals surface area contributed by atoms with Crippen molar-refractivity contribution in [3.05, 3.63) is 54.2 Å². The zero-order valence-corrected chi connectivity index (χ0v) is 17.8. The molecule has 2 aliphatic heterocycles. The summed E-state index contributed by atoms with van der Waals surface area (Å²) in [5.41, 5.74) is 1.29. The molecular weight excluding hydrogens is 380 g/mol. The summed E-state index contributed by atoms with van der Waals surface area (Å²) in [4.78, 5) is 36.7. The summed E-state index contributed by atoms with van der Waals surface area (Å²) in [6.45, 7) is 7.57. The Bertz CT molecular complexity index is 858. The lowest BCUT2D eigenvalue weighted by Crippen LogP contribution is -2.56. The van der Waals surface area contributed by atoms with Gasteiger partial charge in [0.1, 0.15) is 5.54 Å². The minimum absolute atomic E-state index is 0.0527. The van der Waals surface area contributed by atoms with E-state index in [0.717, 1.165) is 37.2 Å². The molecule has 2 fully saturated rings. The van der Waals surface area contributed by atoms with E-state index in [1.54, 1.807) is 24.9 Å². The summed E-state index contributed by atoms with van der Waals surface area (Å²) in [5.74, 6) is 0.418. The Morgan fingerprint density at radius 3 is 2.57 bits per heavy atom. The summed E-state index contributed by atoms with van der Waals surface area (Å²) >= 11 is 0. The van der Waals surface area contributed by atoms with Crippen molar-refractivity contribution in [2.75, 3.05) is 19.6 Å². The van der Waals surface area contributed by atoms with Crippen LogP contribution in [0.15, 0.2) is 47.5 Å². The molecule has 2 aromatic heterocycles. The van der Waals surface area contributed by atoms with Crippen molar-refractivity contribution >= 4 is 11.9 Å². The predicted molar refractivity (Wildman–Crippen MR) is 112 cm³/mol. The Balaban J connectivity index is 1.52. The quantitative estimate of drug-likeness (QED) is 0.653. The van der Waals surface area contributed by atoms with E-state index in [9.17, 15) is 9.59 Å². The highest BCUT2D eigenvalue weighted by atomic mass is 16.3. The molecule has 0 radical (unpaired) electrons. The van der Waals surface area contributed by atoms with Gasteiger partial charge in [-0.15, -0.1) is 0 Å². The lowest BCUT2D eigenvalue weighted by Gasteiger charge is -2.42. The lowest BCUT2D eigenvalue weighted by molar-refractivity contribution is -0.136. The Labute approximate surface area is 177 Å². The first-order valence-electron chi connectivity index (χ1n) is 10.8. The highest BCUT2D eigenvalue weighted by Crippen LogP contribution is 2.38. The lowest BCUT2D eigenvalue weighted by atomic mass is 9.85. The molecule has 4 heterocycles. The van der Waals surface area contributed by atoms with Crippen molar-refractivity contribution in [2.24, 2.45) is 5.92 Å². The molecule has 0 atom stereocenters. The van der Waals surface area contributed by atoms with E-state index in [1.807, 2.05) is 23.1 Å². The number of likely N-dealkylation sites (tertiary alicyclic amines) is 1. The average Bonchev–Trinajstić information content (AvgIpc) is 3.31. The van der Waals surface area contributed by atoms with Gasteiger partial charge in [-0.05, 0) is 42.9 Å². The fourth-order valence-electron chi connectivity index (χ4n) is 4.50. The maximum absolute atomic E-state index is 13.6. The SMILES string of the molecule is CC(C)CCN1C(=O)N(Cc2cccnc2)C(=O)C12CCN(Cc1ccoc1)CC2. The van der Waals surface area contributed by atoms with Gasteiger partial charge in [-0.2, -0.15) is 0 Å². The Hall–Kier alpha value is -2.67. The van der Waals surface area contributed by atoms with Gasteiger partial charge in [-0.25, -0.2) is 4.79 Å². The molecule has 7 heteroatoms. The summed E-state index contributed by atoms with van der Waals surface area (Å²) in [5, 5.41) is 0. The second-order valence-electron chi connectivity index (χ2n) is 8.81. The van der Waals surface area contributed by atoms with Crippen LogP contribution in [0, 0.1) is 5.92 Å². The second kappa shape index (κ2) is 8.60. The number of hydrogen-bond donors (Lipinski definition) is 0. The normalized spacial score (nSPS) is 19.4. The van der Waals surface area contributed by atoms with Gasteiger partial charge in [-0.3, -0.25) is 19.6 Å². The van der Waals surface area contributed by atoms with Gasteiger partial charge in [-0.1, -0.05) is 19.9 Å². The number of urea groups is 1. The number of hydrogen-bond acceptors (Lipinski definition) is 5. The van der Waals surface area contributed by atoms with E-state index in [-0.39, 0.29) is 18.5 Å². The third-order valence-electron chi connectivity index (χ3n) is 6.28. The van der Waals surface area contributed by atoms with Gasteiger partial charge in [0.25, 0.3) is 5.91 Å². The molecule has 3 amide bonds. The molecule has 0 saturated carbocycles. The maximum atomic E-state index is 13.6. The number of carbonyl (C=O) groups excluding carboxylic acids is 2. The van der Waals surface area contributed by atoms with Crippen LogP contribution in [0.2, 0.25) is 0 Å². The van der Waals surface area contributed by atoms with E-state index in [0.29, 0.717) is 25.3 Å². The monoisotopic (exact) mass is 410 g/mol. The summed E-state index contributed by atoms with van der Waals surface area (Å²) in [6.07, 6.45) is 9.08. The molecule has 1 spiro atoms. The number of piperidine rings is 1. The molecule has 0 N–H and O–H groups in total. The molecule has 2 aromatic rings. The van der Waals surface area contributed by atoms with E-state index in [2.05, 4.69) is 23.7 Å². The van der Waals surface area contributed by atoms with Gasteiger partial charge >= 0.3 is 6.03 Å². The number of aromatic nitrogens is 1. The second-order valence-corrected chi connectivity index (χ2v) is 8.81. The number of rotatable bonds is 7. The molecule has 0 bridgehead atoms. The van der Waals surface area contributed by atoms with Gasteiger partial charge in [0.05, 0.1) is 19.1 Å². The molecule has 160 valence electrons. The Kier molecular flexibility index (Phi) is 5.90. The molecule has 7 nitrogen and oxygen atoms in total. The van der Waals surface area contributed by atoms with Crippen LogP contribution in [0.4, 0.5) is 4.79 Å². The third-order valence-corrected chi connectivity index (χ3v) is 6.28. The summed E-state index contributed by atoms with van der Waals surface area (Å²) < 4.78 is 5.18. The van der Waals surface area contributed by atoms with Crippen LogP contribution < -0.4 is 0 Å². The molecule has 0 unspecified atom stereocenters. The van der Waals surface area contributed by atoms with Crippen LogP contribution in [-0.2, 0) is 17.9 Å². The molecule has 0 aromatic carbocycles. The number of amides is 3. The van der Waals surface area contributed by atoms with Gasteiger partial charge < -0.3 is 9.32 Å². The van der Waals surface area contributed by atoms with E-state index in [1.165, 1.54) is 4.90 Å². The smallest absolute Gasteiger partial charge is 0.327 e. The summed E-state index contributed by atoms with van der Waals surface area (Å²) in [6, 6.07) is 5.55. The third kappa shape index (κ3) is 3.99. The van der Waals surface area contributed by atoms with Crippen LogP contribution in [0.25, 0.3) is 0 Å². The van der Waals surface area contributed by atoms with Crippen molar-refractivity contribution in [2.45, 2.75) is 51.7 Å². The molecule has 4 rings (SSSR count). The van der Waals surface area contributed by atoms with Crippen LogP contribution in [0.3, 0.4) is 0 Å².